The van der Waals surface area contributed by atoms with Crippen molar-refractivity contribution in [2.45, 2.75) is 38.1 Å². The molecule has 3 rings (SSSR count). The Labute approximate surface area is 282 Å². The first-order valence-corrected chi connectivity index (χ1v) is 17.2. The van der Waals surface area contributed by atoms with Crippen molar-refractivity contribution in [2.75, 3.05) is 76.7 Å². The molecule has 1 unspecified atom stereocenters. The third-order valence-electron chi connectivity index (χ3n) is 7.64. The lowest BCUT2D eigenvalue weighted by Crippen LogP contribution is -2.38. The molecule has 0 fully saturated rings. The third-order valence-corrected chi connectivity index (χ3v) is 9.35. The van der Waals surface area contributed by atoms with Gasteiger partial charge in [0.1, 0.15) is 39.7 Å². The average Bonchev–Trinajstić information content (AvgIpc) is 3.09. The van der Waals surface area contributed by atoms with E-state index in [9.17, 15) is 18.8 Å². The molecule has 0 saturated carbocycles. The molecule has 1 heterocycles. The highest BCUT2D eigenvalue weighted by atomic mass is 32.2. The quantitative estimate of drug-likeness (QED) is 0.0948. The Bertz CT molecular complexity index is 1670. The minimum Gasteiger partial charge on any atom is -0.495 e. The molecule has 0 aliphatic rings. The number of hydrogen-bond acceptors (Lipinski definition) is 14. The zero-order valence-electron chi connectivity index (χ0n) is 28.1. The molecular formula is C33H45N7O7S. The lowest BCUT2D eigenvalue weighted by molar-refractivity contribution is 0.0992. The molecule has 0 radical (unpaired) electrons. The number of pyridine rings is 1. The van der Waals surface area contributed by atoms with Crippen molar-refractivity contribution in [3.8, 4) is 17.6 Å². The van der Waals surface area contributed by atoms with Crippen molar-refractivity contribution in [3.63, 3.8) is 0 Å². The fourth-order valence-corrected chi connectivity index (χ4v) is 6.23. The summed E-state index contributed by atoms with van der Waals surface area (Å²) in [6, 6.07) is 14.4. The van der Waals surface area contributed by atoms with Gasteiger partial charge >= 0.3 is 0 Å². The summed E-state index contributed by atoms with van der Waals surface area (Å²) in [6.45, 7) is 6.98. The predicted molar refractivity (Wildman–Crippen MR) is 184 cm³/mol. The maximum Gasteiger partial charge on any atom is 0.183 e. The Morgan fingerprint density at radius 1 is 1.02 bits per heavy atom. The fourth-order valence-electron chi connectivity index (χ4n) is 4.80. The smallest absolute Gasteiger partial charge is 0.183 e. The first kappa shape index (κ1) is 38.1. The lowest BCUT2D eigenvalue weighted by atomic mass is 10.1. The van der Waals surface area contributed by atoms with Crippen molar-refractivity contribution in [1.29, 1.82) is 5.26 Å². The van der Waals surface area contributed by atoms with Gasteiger partial charge in [-0.15, -0.1) is 10.2 Å². The van der Waals surface area contributed by atoms with E-state index in [2.05, 4.69) is 31.9 Å². The summed E-state index contributed by atoms with van der Waals surface area (Å²) in [5.41, 5.74) is 1.95. The van der Waals surface area contributed by atoms with Gasteiger partial charge in [0.25, 0.3) is 0 Å². The van der Waals surface area contributed by atoms with Crippen molar-refractivity contribution >= 4 is 38.5 Å². The first-order chi connectivity index (χ1) is 23.1. The molecule has 0 bridgehead atoms. The van der Waals surface area contributed by atoms with E-state index < -0.39 is 9.84 Å². The van der Waals surface area contributed by atoms with Crippen LogP contribution in [-0.2, 0) is 14.6 Å². The normalized spacial score (nSPS) is 12.2. The van der Waals surface area contributed by atoms with E-state index in [4.69, 9.17) is 19.3 Å². The Morgan fingerprint density at radius 3 is 2.38 bits per heavy atom. The number of aromatic nitrogens is 1. The number of methoxy groups -OCH3 is 2. The van der Waals surface area contributed by atoms with E-state index in [0.29, 0.717) is 36.9 Å². The minimum absolute atomic E-state index is 0.0525. The van der Waals surface area contributed by atoms with Gasteiger partial charge in [-0.25, -0.2) is 13.4 Å². The summed E-state index contributed by atoms with van der Waals surface area (Å²) in [7, 11) is -1.07. The van der Waals surface area contributed by atoms with E-state index in [1.165, 1.54) is 26.4 Å². The maximum atomic E-state index is 13.5. The van der Waals surface area contributed by atoms with E-state index in [0.717, 1.165) is 12.1 Å². The summed E-state index contributed by atoms with van der Waals surface area (Å²) in [5, 5.41) is 43.7. The number of rotatable bonds is 20. The number of hydrogen-bond donors (Lipinski definition) is 4. The Morgan fingerprint density at radius 2 is 1.75 bits per heavy atom. The lowest BCUT2D eigenvalue weighted by Gasteiger charge is -2.27. The van der Waals surface area contributed by atoms with Crippen LogP contribution in [0.1, 0.15) is 31.4 Å². The van der Waals surface area contributed by atoms with Gasteiger partial charge < -0.3 is 35.1 Å². The van der Waals surface area contributed by atoms with Gasteiger partial charge in [-0.2, -0.15) is 5.26 Å². The summed E-state index contributed by atoms with van der Waals surface area (Å²) in [5.74, 6) is 0.665. The molecule has 0 saturated heterocycles. The number of para-hydroxylation sites is 1. The molecule has 3 aromatic rings. The zero-order chi connectivity index (χ0) is 35.1. The van der Waals surface area contributed by atoms with Gasteiger partial charge in [0, 0.05) is 49.1 Å². The highest BCUT2D eigenvalue weighted by Gasteiger charge is 2.25. The van der Waals surface area contributed by atoms with Gasteiger partial charge in [0.15, 0.2) is 15.7 Å². The van der Waals surface area contributed by atoms with Crippen LogP contribution in [0.15, 0.2) is 57.6 Å². The SMILES string of the molecule is CCC(C)N(CCO)CCS(=O)(=O)c1cc(OC)c(/N=N/c2c(Nc3ccccc3)nc(NCCOCCO)c(C#N)c2C)cc1OC. The van der Waals surface area contributed by atoms with Gasteiger partial charge in [0.2, 0.25) is 0 Å². The van der Waals surface area contributed by atoms with Crippen LogP contribution in [0.25, 0.3) is 0 Å². The number of ether oxygens (including phenoxy) is 3. The molecule has 1 atom stereocenters. The van der Waals surface area contributed by atoms with Crippen LogP contribution in [0.2, 0.25) is 0 Å². The van der Waals surface area contributed by atoms with Crippen molar-refractivity contribution in [2.24, 2.45) is 10.2 Å². The van der Waals surface area contributed by atoms with Crippen LogP contribution in [0.5, 0.6) is 11.5 Å². The second-order valence-electron chi connectivity index (χ2n) is 10.7. The molecule has 1 aromatic heterocycles. The standard InChI is InChI=1S/C33H45N7O7S/c1-6-23(2)40(13-15-41)14-19-48(43,44)30-21-28(45-4)27(20-29(30)46-5)38-39-31-24(3)26(22-34)32(35-12-17-47-18-16-42)37-33(31)36-25-10-8-7-9-11-25/h7-11,20-21,23,41-42H,6,12-19H2,1-5H3,(H2,35,36,37)/b39-38+. The zero-order valence-corrected chi connectivity index (χ0v) is 28.9. The Kier molecular flexibility index (Phi) is 15.0. The summed E-state index contributed by atoms with van der Waals surface area (Å²) in [4.78, 5) is 6.54. The number of anilines is 3. The highest BCUT2D eigenvalue weighted by Crippen LogP contribution is 2.41. The number of aliphatic hydroxyl groups excluding tert-OH is 2. The molecule has 2 aromatic carbocycles. The maximum absolute atomic E-state index is 13.5. The summed E-state index contributed by atoms with van der Waals surface area (Å²) in [6.07, 6.45) is 0.809. The molecule has 0 aliphatic heterocycles. The Balaban J connectivity index is 2.04. The van der Waals surface area contributed by atoms with Crippen molar-refractivity contribution in [1.82, 2.24) is 9.88 Å². The minimum atomic E-state index is -3.83. The van der Waals surface area contributed by atoms with E-state index >= 15 is 0 Å². The van der Waals surface area contributed by atoms with Crippen LogP contribution in [-0.4, -0.2) is 101 Å². The number of nitrogens with one attached hydrogen (secondary N) is 2. The molecule has 4 N–H and O–H groups in total. The third kappa shape index (κ3) is 10.1. The molecule has 0 aliphatic carbocycles. The number of azo groups is 1. The molecule has 14 nitrogen and oxygen atoms in total. The molecule has 260 valence electrons. The number of aliphatic hydroxyl groups is 2. The number of nitriles is 1. The van der Waals surface area contributed by atoms with E-state index in [1.54, 1.807) is 6.92 Å². The predicted octanol–water partition coefficient (Wildman–Crippen LogP) is 4.73. The fraction of sp³-hybridized carbons (Fsp3) is 0.455. The summed E-state index contributed by atoms with van der Waals surface area (Å²) >= 11 is 0. The monoisotopic (exact) mass is 683 g/mol. The molecule has 15 heteroatoms. The van der Waals surface area contributed by atoms with Crippen molar-refractivity contribution < 1.29 is 32.8 Å². The van der Waals surface area contributed by atoms with Crippen LogP contribution < -0.4 is 20.1 Å². The number of nitrogens with zero attached hydrogens (tertiary/aromatic N) is 5. The van der Waals surface area contributed by atoms with Gasteiger partial charge in [-0.05, 0) is 32.4 Å². The average molecular weight is 684 g/mol. The molecule has 0 spiro atoms. The van der Waals surface area contributed by atoms with Gasteiger partial charge in [-0.3, -0.25) is 4.90 Å². The van der Waals surface area contributed by atoms with Crippen LogP contribution in [0.4, 0.5) is 28.7 Å². The van der Waals surface area contributed by atoms with E-state index in [1.807, 2.05) is 49.1 Å². The van der Waals surface area contributed by atoms with Crippen molar-refractivity contribution in [3.05, 3.63) is 53.6 Å². The van der Waals surface area contributed by atoms with Crippen LogP contribution >= 0.6 is 0 Å². The largest absolute Gasteiger partial charge is 0.495 e. The molecular weight excluding hydrogens is 638 g/mol. The Hall–Kier alpha value is -4.33. The molecule has 48 heavy (non-hydrogen) atoms. The molecule has 0 amide bonds. The first-order valence-electron chi connectivity index (χ1n) is 15.6. The second-order valence-corrected chi connectivity index (χ2v) is 12.8. The van der Waals surface area contributed by atoms with Crippen LogP contribution in [0, 0.1) is 18.3 Å². The number of benzene rings is 2. The van der Waals surface area contributed by atoms with Gasteiger partial charge in [-0.1, -0.05) is 25.1 Å². The van der Waals surface area contributed by atoms with Crippen LogP contribution in [0.3, 0.4) is 0 Å². The van der Waals surface area contributed by atoms with E-state index in [-0.39, 0.29) is 71.5 Å². The highest BCUT2D eigenvalue weighted by molar-refractivity contribution is 7.91. The second kappa shape index (κ2) is 18.9. The summed E-state index contributed by atoms with van der Waals surface area (Å²) < 4.78 is 43.4. The van der Waals surface area contributed by atoms with Gasteiger partial charge in [0.05, 0.1) is 52.0 Å². The topological polar surface area (TPSA) is 191 Å². The number of sulfone groups is 1.